The van der Waals surface area contributed by atoms with Gasteiger partial charge in [-0.2, -0.15) is 0 Å². The standard InChI is InChI=1S/C16H17N5O/c1-6-18-16(21-12-3-7-22-8-4-12)14-11(1)9-19-15(14)13-2-5-17-10-20-13/h1-2,5-6,10,12H,3-4,7-9H2,(H,18,21). The zero-order chi connectivity index (χ0) is 14.8. The van der Waals surface area contributed by atoms with Crippen LogP contribution in [-0.4, -0.2) is 39.9 Å². The minimum atomic E-state index is 0.403. The third-order valence-electron chi connectivity index (χ3n) is 4.07. The molecule has 0 saturated carbocycles. The van der Waals surface area contributed by atoms with E-state index in [0.29, 0.717) is 12.6 Å². The average molecular weight is 295 g/mol. The third-order valence-corrected chi connectivity index (χ3v) is 4.07. The molecular weight excluding hydrogens is 278 g/mol. The molecule has 6 nitrogen and oxygen atoms in total. The van der Waals surface area contributed by atoms with E-state index in [2.05, 4.69) is 25.3 Å². The molecule has 4 heterocycles. The molecule has 1 fully saturated rings. The first-order valence-corrected chi connectivity index (χ1v) is 7.55. The van der Waals surface area contributed by atoms with E-state index >= 15 is 0 Å². The van der Waals surface area contributed by atoms with E-state index in [4.69, 9.17) is 4.74 Å². The number of fused-ring (bicyclic) bond motifs is 1. The van der Waals surface area contributed by atoms with Crippen molar-refractivity contribution in [3.05, 3.63) is 47.7 Å². The van der Waals surface area contributed by atoms with Gasteiger partial charge in [0.2, 0.25) is 0 Å². The Morgan fingerprint density at radius 1 is 1.09 bits per heavy atom. The van der Waals surface area contributed by atoms with Gasteiger partial charge in [0.25, 0.3) is 0 Å². The van der Waals surface area contributed by atoms with Crippen molar-refractivity contribution in [2.24, 2.45) is 4.99 Å². The summed E-state index contributed by atoms with van der Waals surface area (Å²) in [7, 11) is 0. The number of rotatable bonds is 3. The van der Waals surface area contributed by atoms with Crippen LogP contribution in [0.2, 0.25) is 0 Å². The molecule has 0 amide bonds. The van der Waals surface area contributed by atoms with Crippen LogP contribution in [0.5, 0.6) is 0 Å². The summed E-state index contributed by atoms with van der Waals surface area (Å²) in [6.07, 6.45) is 7.15. The number of pyridine rings is 1. The lowest BCUT2D eigenvalue weighted by Crippen LogP contribution is -2.29. The number of hydrogen-bond donors (Lipinski definition) is 1. The van der Waals surface area contributed by atoms with Crippen molar-refractivity contribution < 1.29 is 4.74 Å². The number of nitrogens with one attached hydrogen (secondary N) is 1. The van der Waals surface area contributed by atoms with Gasteiger partial charge in [-0.25, -0.2) is 15.0 Å². The normalized spacial score (nSPS) is 17.9. The lowest BCUT2D eigenvalue weighted by atomic mass is 10.0. The molecule has 0 aliphatic carbocycles. The van der Waals surface area contributed by atoms with E-state index in [-0.39, 0.29) is 0 Å². The summed E-state index contributed by atoms with van der Waals surface area (Å²) in [4.78, 5) is 17.5. The zero-order valence-electron chi connectivity index (χ0n) is 12.2. The molecule has 2 aromatic heterocycles. The maximum absolute atomic E-state index is 5.42. The van der Waals surface area contributed by atoms with Gasteiger partial charge in [-0.05, 0) is 30.5 Å². The molecule has 2 aromatic rings. The zero-order valence-corrected chi connectivity index (χ0v) is 12.2. The Balaban J connectivity index is 1.67. The van der Waals surface area contributed by atoms with E-state index < -0.39 is 0 Å². The number of ether oxygens (including phenoxy) is 1. The van der Waals surface area contributed by atoms with Crippen LogP contribution in [-0.2, 0) is 11.3 Å². The Hall–Kier alpha value is -2.34. The van der Waals surface area contributed by atoms with Gasteiger partial charge in [0.1, 0.15) is 12.1 Å². The molecule has 4 rings (SSSR count). The Kier molecular flexibility index (Phi) is 3.52. The Labute approximate surface area is 128 Å². The van der Waals surface area contributed by atoms with Crippen molar-refractivity contribution in [1.82, 2.24) is 15.0 Å². The predicted molar refractivity (Wildman–Crippen MR) is 83.1 cm³/mol. The lowest BCUT2D eigenvalue weighted by Gasteiger charge is -2.24. The Morgan fingerprint density at radius 2 is 2.00 bits per heavy atom. The van der Waals surface area contributed by atoms with Crippen molar-refractivity contribution in [3.63, 3.8) is 0 Å². The van der Waals surface area contributed by atoms with Crippen LogP contribution in [0.3, 0.4) is 0 Å². The topological polar surface area (TPSA) is 72.3 Å². The largest absolute Gasteiger partial charge is 0.381 e. The smallest absolute Gasteiger partial charge is 0.136 e. The SMILES string of the molecule is c1cc(C2=NCc3ccnc(NC4CCOCC4)c32)ncn1. The molecule has 0 radical (unpaired) electrons. The van der Waals surface area contributed by atoms with Crippen LogP contribution < -0.4 is 5.32 Å². The summed E-state index contributed by atoms with van der Waals surface area (Å²) in [6, 6.07) is 4.32. The number of anilines is 1. The molecule has 1 N–H and O–H groups in total. The van der Waals surface area contributed by atoms with Crippen molar-refractivity contribution in [3.8, 4) is 0 Å². The summed E-state index contributed by atoms with van der Waals surface area (Å²) in [5.74, 6) is 0.902. The van der Waals surface area contributed by atoms with Gasteiger partial charge < -0.3 is 10.1 Å². The molecule has 22 heavy (non-hydrogen) atoms. The highest BCUT2D eigenvalue weighted by atomic mass is 16.5. The van der Waals surface area contributed by atoms with Crippen LogP contribution >= 0.6 is 0 Å². The summed E-state index contributed by atoms with van der Waals surface area (Å²) in [5, 5.41) is 3.57. The summed E-state index contributed by atoms with van der Waals surface area (Å²) in [6.45, 7) is 2.29. The molecule has 2 aliphatic heterocycles. The highest BCUT2D eigenvalue weighted by molar-refractivity contribution is 6.16. The van der Waals surface area contributed by atoms with Crippen molar-refractivity contribution in [2.45, 2.75) is 25.4 Å². The van der Waals surface area contributed by atoms with E-state index in [1.807, 2.05) is 18.3 Å². The van der Waals surface area contributed by atoms with Gasteiger partial charge >= 0.3 is 0 Å². The van der Waals surface area contributed by atoms with E-state index in [1.54, 1.807) is 12.5 Å². The van der Waals surface area contributed by atoms with Gasteiger partial charge in [0.05, 0.1) is 18.0 Å². The minimum absolute atomic E-state index is 0.403. The van der Waals surface area contributed by atoms with Gasteiger partial charge in [0.15, 0.2) is 0 Å². The summed E-state index contributed by atoms with van der Waals surface area (Å²) in [5.41, 5.74) is 4.02. The number of aliphatic imine (C=N–C) groups is 1. The minimum Gasteiger partial charge on any atom is -0.381 e. The number of aromatic nitrogens is 3. The summed E-state index contributed by atoms with van der Waals surface area (Å²) >= 11 is 0. The Bertz CT molecular complexity index is 695. The van der Waals surface area contributed by atoms with Gasteiger partial charge in [-0.3, -0.25) is 4.99 Å². The van der Waals surface area contributed by atoms with Crippen LogP contribution in [0.15, 0.2) is 35.8 Å². The van der Waals surface area contributed by atoms with Crippen molar-refractivity contribution in [1.29, 1.82) is 0 Å². The second-order valence-corrected chi connectivity index (χ2v) is 5.48. The van der Waals surface area contributed by atoms with E-state index in [9.17, 15) is 0 Å². The predicted octanol–water partition coefficient (Wildman–Crippen LogP) is 1.81. The highest BCUT2D eigenvalue weighted by Gasteiger charge is 2.24. The quantitative estimate of drug-likeness (QED) is 0.935. The average Bonchev–Trinajstić information content (AvgIpc) is 3.02. The summed E-state index contributed by atoms with van der Waals surface area (Å²) < 4.78 is 5.42. The molecule has 6 heteroatoms. The van der Waals surface area contributed by atoms with Crippen molar-refractivity contribution >= 4 is 11.5 Å². The molecule has 112 valence electrons. The third kappa shape index (κ3) is 2.46. The van der Waals surface area contributed by atoms with Gasteiger partial charge in [-0.1, -0.05) is 0 Å². The molecule has 0 atom stereocenters. The van der Waals surface area contributed by atoms with E-state index in [0.717, 1.165) is 48.8 Å². The first-order chi connectivity index (χ1) is 10.9. The maximum Gasteiger partial charge on any atom is 0.136 e. The second kappa shape index (κ2) is 5.81. The monoisotopic (exact) mass is 295 g/mol. The van der Waals surface area contributed by atoms with Crippen LogP contribution in [0, 0.1) is 0 Å². The fourth-order valence-corrected chi connectivity index (χ4v) is 2.93. The molecule has 0 aromatic carbocycles. The number of hydrogen-bond acceptors (Lipinski definition) is 6. The van der Waals surface area contributed by atoms with Crippen LogP contribution in [0.4, 0.5) is 5.82 Å². The van der Waals surface area contributed by atoms with Gasteiger partial charge in [0, 0.05) is 37.2 Å². The van der Waals surface area contributed by atoms with E-state index in [1.165, 1.54) is 5.56 Å². The lowest BCUT2D eigenvalue weighted by molar-refractivity contribution is 0.0904. The fourth-order valence-electron chi connectivity index (χ4n) is 2.93. The Morgan fingerprint density at radius 3 is 2.82 bits per heavy atom. The first-order valence-electron chi connectivity index (χ1n) is 7.55. The molecule has 0 bridgehead atoms. The molecule has 0 unspecified atom stereocenters. The molecule has 2 aliphatic rings. The van der Waals surface area contributed by atoms with Crippen LogP contribution in [0.25, 0.3) is 0 Å². The van der Waals surface area contributed by atoms with Crippen molar-refractivity contribution in [2.75, 3.05) is 18.5 Å². The van der Waals surface area contributed by atoms with Crippen LogP contribution in [0.1, 0.15) is 29.7 Å². The maximum atomic E-state index is 5.42. The second-order valence-electron chi connectivity index (χ2n) is 5.48. The number of nitrogens with zero attached hydrogens (tertiary/aromatic N) is 4. The first kappa shape index (κ1) is 13.3. The molecule has 1 saturated heterocycles. The molecular formula is C16H17N5O. The van der Waals surface area contributed by atoms with Gasteiger partial charge in [-0.15, -0.1) is 0 Å². The highest BCUT2D eigenvalue weighted by Crippen LogP contribution is 2.28. The molecule has 0 spiro atoms. The fraction of sp³-hybridized carbons (Fsp3) is 0.375.